The van der Waals surface area contributed by atoms with Gasteiger partial charge in [0.05, 0.1) is 0 Å². The maximum Gasteiger partial charge on any atom is 0.255 e. The van der Waals surface area contributed by atoms with Crippen molar-refractivity contribution < 1.29 is 4.79 Å². The van der Waals surface area contributed by atoms with E-state index < -0.39 is 0 Å². The second-order valence-electron chi connectivity index (χ2n) is 4.99. The molecule has 0 saturated heterocycles. The molecule has 1 aromatic carbocycles. The first kappa shape index (κ1) is 15.0. The van der Waals surface area contributed by atoms with Crippen LogP contribution in [0.5, 0.6) is 0 Å². The second-order valence-corrected chi connectivity index (χ2v) is 4.99. The van der Waals surface area contributed by atoms with E-state index in [-0.39, 0.29) is 5.91 Å². The molecular weight excluding hydrogens is 262 g/mol. The Labute approximate surface area is 125 Å². The fraction of sp³-hybridized carbons (Fsp3) is 0.294. The van der Waals surface area contributed by atoms with E-state index in [1.807, 2.05) is 25.1 Å². The molecule has 0 saturated carbocycles. The summed E-state index contributed by atoms with van der Waals surface area (Å²) >= 11 is 0. The third kappa shape index (κ3) is 3.81. The molecule has 0 spiro atoms. The van der Waals surface area contributed by atoms with E-state index in [1.165, 1.54) is 0 Å². The predicted molar refractivity (Wildman–Crippen MR) is 86.9 cm³/mol. The molecule has 110 valence electrons. The molecule has 2 aromatic rings. The van der Waals surface area contributed by atoms with Crippen LogP contribution >= 0.6 is 0 Å². The number of nitrogens with one attached hydrogen (secondary N) is 2. The Bertz CT molecular complexity index is 638. The predicted octanol–water partition coefficient (Wildman–Crippen LogP) is 3.64. The second kappa shape index (κ2) is 6.88. The van der Waals surface area contributed by atoms with Gasteiger partial charge in [0.1, 0.15) is 5.82 Å². The molecule has 0 aliphatic carbocycles. The minimum absolute atomic E-state index is 0.111. The molecule has 2 N–H and O–H groups in total. The fourth-order valence-corrected chi connectivity index (χ4v) is 2.25. The average Bonchev–Trinajstić information content (AvgIpc) is 2.48. The van der Waals surface area contributed by atoms with Gasteiger partial charge in [-0.2, -0.15) is 0 Å². The molecule has 0 aliphatic heterocycles. The van der Waals surface area contributed by atoms with Crippen molar-refractivity contribution in [2.24, 2.45) is 0 Å². The average molecular weight is 283 g/mol. The van der Waals surface area contributed by atoms with Crippen LogP contribution in [-0.4, -0.2) is 17.9 Å². The standard InChI is InChI=1S/C17H21N3O/c1-4-7-13-8-5-6-9-15(13)20-17(21)14-10-12(2)19-16(11-14)18-3/h5-6,8-11H,4,7H2,1-3H3,(H,18,19)(H,20,21). The molecule has 0 unspecified atom stereocenters. The molecule has 21 heavy (non-hydrogen) atoms. The first-order valence-electron chi connectivity index (χ1n) is 7.19. The summed E-state index contributed by atoms with van der Waals surface area (Å²) < 4.78 is 0. The van der Waals surface area contributed by atoms with Gasteiger partial charge in [0, 0.05) is 24.0 Å². The van der Waals surface area contributed by atoms with Crippen LogP contribution in [-0.2, 0) is 6.42 Å². The molecule has 0 atom stereocenters. The van der Waals surface area contributed by atoms with Gasteiger partial charge in [0.2, 0.25) is 0 Å². The maximum absolute atomic E-state index is 12.4. The van der Waals surface area contributed by atoms with Gasteiger partial charge in [-0.25, -0.2) is 4.98 Å². The Kier molecular flexibility index (Phi) is 4.93. The third-order valence-corrected chi connectivity index (χ3v) is 3.26. The first-order chi connectivity index (χ1) is 10.1. The van der Waals surface area contributed by atoms with Gasteiger partial charge in [-0.3, -0.25) is 4.79 Å². The molecule has 0 bridgehead atoms. The summed E-state index contributed by atoms with van der Waals surface area (Å²) in [4.78, 5) is 16.7. The molecule has 0 fully saturated rings. The number of carbonyl (C=O) groups is 1. The van der Waals surface area contributed by atoms with Crippen LogP contribution in [0.15, 0.2) is 36.4 Å². The largest absolute Gasteiger partial charge is 0.373 e. The Morgan fingerprint density at radius 2 is 2.00 bits per heavy atom. The van der Waals surface area contributed by atoms with Crippen molar-refractivity contribution in [1.82, 2.24) is 4.98 Å². The minimum Gasteiger partial charge on any atom is -0.373 e. The van der Waals surface area contributed by atoms with Crippen molar-refractivity contribution in [3.63, 3.8) is 0 Å². The molecular formula is C17H21N3O. The van der Waals surface area contributed by atoms with Crippen molar-refractivity contribution in [1.29, 1.82) is 0 Å². The van der Waals surface area contributed by atoms with Crippen LogP contribution in [0.1, 0.15) is 35.0 Å². The molecule has 1 heterocycles. The monoisotopic (exact) mass is 283 g/mol. The van der Waals surface area contributed by atoms with E-state index in [1.54, 1.807) is 19.2 Å². The van der Waals surface area contributed by atoms with Gasteiger partial charge in [-0.05, 0) is 37.1 Å². The van der Waals surface area contributed by atoms with Crippen LogP contribution < -0.4 is 10.6 Å². The number of hydrogen-bond donors (Lipinski definition) is 2. The Balaban J connectivity index is 2.24. The number of hydrogen-bond acceptors (Lipinski definition) is 3. The Hall–Kier alpha value is -2.36. The lowest BCUT2D eigenvalue weighted by Crippen LogP contribution is -2.14. The number of carbonyl (C=O) groups excluding carboxylic acids is 1. The summed E-state index contributed by atoms with van der Waals surface area (Å²) in [5.41, 5.74) is 3.46. The topological polar surface area (TPSA) is 54.0 Å². The van der Waals surface area contributed by atoms with Crippen LogP contribution in [0, 0.1) is 6.92 Å². The highest BCUT2D eigenvalue weighted by molar-refractivity contribution is 6.05. The first-order valence-corrected chi connectivity index (χ1v) is 7.19. The number of benzene rings is 1. The molecule has 1 aromatic heterocycles. The molecule has 0 aliphatic rings. The Morgan fingerprint density at radius 1 is 1.24 bits per heavy atom. The van der Waals surface area contributed by atoms with Gasteiger partial charge in [-0.15, -0.1) is 0 Å². The minimum atomic E-state index is -0.111. The van der Waals surface area contributed by atoms with Gasteiger partial charge in [0.25, 0.3) is 5.91 Å². The van der Waals surface area contributed by atoms with Crippen LogP contribution in [0.3, 0.4) is 0 Å². The lowest BCUT2D eigenvalue weighted by Gasteiger charge is -2.11. The number of para-hydroxylation sites is 1. The quantitative estimate of drug-likeness (QED) is 0.881. The summed E-state index contributed by atoms with van der Waals surface area (Å²) in [6, 6.07) is 11.5. The number of amides is 1. The van der Waals surface area contributed by atoms with E-state index in [2.05, 4.69) is 28.6 Å². The van der Waals surface area contributed by atoms with Gasteiger partial charge in [0.15, 0.2) is 0 Å². The molecule has 0 radical (unpaired) electrons. The van der Waals surface area contributed by atoms with Crippen molar-refractivity contribution in [3.8, 4) is 0 Å². The van der Waals surface area contributed by atoms with E-state index in [9.17, 15) is 4.79 Å². The number of pyridine rings is 1. The zero-order valence-corrected chi connectivity index (χ0v) is 12.7. The fourth-order valence-electron chi connectivity index (χ4n) is 2.25. The summed E-state index contributed by atoms with van der Waals surface area (Å²) in [5.74, 6) is 0.586. The summed E-state index contributed by atoms with van der Waals surface area (Å²) in [6.45, 7) is 4.01. The van der Waals surface area contributed by atoms with E-state index in [0.717, 1.165) is 29.8 Å². The van der Waals surface area contributed by atoms with Gasteiger partial charge in [-0.1, -0.05) is 31.5 Å². The highest BCUT2D eigenvalue weighted by Gasteiger charge is 2.10. The number of rotatable bonds is 5. The summed E-state index contributed by atoms with van der Waals surface area (Å²) in [7, 11) is 1.79. The lowest BCUT2D eigenvalue weighted by molar-refractivity contribution is 0.102. The zero-order valence-electron chi connectivity index (χ0n) is 12.7. The zero-order chi connectivity index (χ0) is 15.2. The molecule has 4 nitrogen and oxygen atoms in total. The number of aromatic nitrogens is 1. The SMILES string of the molecule is CCCc1ccccc1NC(=O)c1cc(C)nc(NC)c1. The number of nitrogens with zero attached hydrogens (tertiary/aromatic N) is 1. The smallest absolute Gasteiger partial charge is 0.255 e. The van der Waals surface area contributed by atoms with Crippen molar-refractivity contribution in [2.75, 3.05) is 17.7 Å². The van der Waals surface area contributed by atoms with E-state index >= 15 is 0 Å². The van der Waals surface area contributed by atoms with Crippen LogP contribution in [0.2, 0.25) is 0 Å². The maximum atomic E-state index is 12.4. The Morgan fingerprint density at radius 3 is 2.71 bits per heavy atom. The number of anilines is 2. The van der Waals surface area contributed by atoms with E-state index in [0.29, 0.717) is 11.4 Å². The van der Waals surface area contributed by atoms with E-state index in [4.69, 9.17) is 0 Å². The van der Waals surface area contributed by atoms with Crippen LogP contribution in [0.25, 0.3) is 0 Å². The number of aryl methyl sites for hydroxylation is 2. The van der Waals surface area contributed by atoms with Gasteiger partial charge >= 0.3 is 0 Å². The lowest BCUT2D eigenvalue weighted by atomic mass is 10.1. The van der Waals surface area contributed by atoms with Crippen molar-refractivity contribution >= 4 is 17.4 Å². The highest BCUT2D eigenvalue weighted by atomic mass is 16.1. The summed E-state index contributed by atoms with van der Waals surface area (Å²) in [5, 5.41) is 5.96. The van der Waals surface area contributed by atoms with Crippen LogP contribution in [0.4, 0.5) is 11.5 Å². The van der Waals surface area contributed by atoms with Crippen molar-refractivity contribution in [2.45, 2.75) is 26.7 Å². The normalized spacial score (nSPS) is 10.2. The third-order valence-electron chi connectivity index (χ3n) is 3.26. The van der Waals surface area contributed by atoms with Gasteiger partial charge < -0.3 is 10.6 Å². The molecule has 2 rings (SSSR count). The molecule has 4 heteroatoms. The highest BCUT2D eigenvalue weighted by Crippen LogP contribution is 2.18. The van der Waals surface area contributed by atoms with Crippen molar-refractivity contribution in [3.05, 3.63) is 53.2 Å². The molecule has 1 amide bonds. The summed E-state index contributed by atoms with van der Waals surface area (Å²) in [6.07, 6.45) is 2.00.